The third-order valence-electron chi connectivity index (χ3n) is 5.68. The zero-order chi connectivity index (χ0) is 27.0. The van der Waals surface area contributed by atoms with Crippen LogP contribution in [0.4, 0.5) is 5.69 Å². The Morgan fingerprint density at radius 1 is 0.921 bits per heavy atom. The molecule has 0 fully saturated rings. The maximum atomic E-state index is 13.5. The van der Waals surface area contributed by atoms with Crippen LogP contribution in [0.3, 0.4) is 0 Å². The lowest BCUT2D eigenvalue weighted by Crippen LogP contribution is -2.40. The van der Waals surface area contributed by atoms with Gasteiger partial charge >= 0.3 is 0 Å². The summed E-state index contributed by atoms with van der Waals surface area (Å²) in [5.74, 6) is -0.0278. The van der Waals surface area contributed by atoms with Gasteiger partial charge in [-0.1, -0.05) is 78.3 Å². The summed E-state index contributed by atoms with van der Waals surface area (Å²) in [5.41, 5.74) is 4.94. The van der Waals surface area contributed by atoms with E-state index in [0.717, 1.165) is 9.87 Å². The van der Waals surface area contributed by atoms with Crippen LogP contribution in [0.15, 0.2) is 113 Å². The first-order valence-electron chi connectivity index (χ1n) is 11.8. The lowest BCUT2D eigenvalue weighted by Gasteiger charge is -2.25. The Balaban J connectivity index is 1.51. The smallest absolute Gasteiger partial charge is 0.264 e. The highest BCUT2D eigenvalue weighted by atomic mass is 35.5. The van der Waals surface area contributed by atoms with Gasteiger partial charge in [-0.15, -0.1) is 0 Å². The van der Waals surface area contributed by atoms with Gasteiger partial charge in [0, 0.05) is 10.6 Å². The first kappa shape index (κ1) is 26.9. The molecule has 0 aliphatic heterocycles. The fourth-order valence-electron chi connectivity index (χ4n) is 3.68. The Hall–Kier alpha value is -4.14. The molecule has 194 valence electrons. The van der Waals surface area contributed by atoms with E-state index >= 15 is 0 Å². The van der Waals surface area contributed by atoms with E-state index in [9.17, 15) is 13.2 Å². The van der Waals surface area contributed by atoms with Crippen LogP contribution >= 0.6 is 11.6 Å². The second-order valence-electron chi connectivity index (χ2n) is 8.31. The summed E-state index contributed by atoms with van der Waals surface area (Å²) < 4.78 is 34.0. The molecule has 38 heavy (non-hydrogen) atoms. The molecule has 0 unspecified atom stereocenters. The summed E-state index contributed by atoms with van der Waals surface area (Å²) in [6.07, 6.45) is 1.46. The highest BCUT2D eigenvalue weighted by Gasteiger charge is 2.28. The maximum absolute atomic E-state index is 13.5. The summed E-state index contributed by atoms with van der Waals surface area (Å²) in [4.78, 5) is 12.9. The molecule has 0 heterocycles. The molecule has 1 amide bonds. The van der Waals surface area contributed by atoms with Crippen molar-refractivity contribution in [2.24, 2.45) is 5.10 Å². The largest absolute Gasteiger partial charge is 0.488 e. The van der Waals surface area contributed by atoms with Crippen LogP contribution in [0.2, 0.25) is 5.02 Å². The van der Waals surface area contributed by atoms with Gasteiger partial charge in [-0.25, -0.2) is 13.8 Å². The van der Waals surface area contributed by atoms with Gasteiger partial charge < -0.3 is 4.74 Å². The van der Waals surface area contributed by atoms with E-state index in [0.29, 0.717) is 34.2 Å². The van der Waals surface area contributed by atoms with E-state index < -0.39 is 22.5 Å². The van der Waals surface area contributed by atoms with E-state index in [-0.39, 0.29) is 4.90 Å². The van der Waals surface area contributed by atoms with Crippen LogP contribution in [0.5, 0.6) is 5.75 Å². The molecule has 0 saturated heterocycles. The third kappa shape index (κ3) is 6.59. The minimum absolute atomic E-state index is 0.0557. The van der Waals surface area contributed by atoms with Gasteiger partial charge in [0.05, 0.1) is 16.8 Å². The van der Waals surface area contributed by atoms with E-state index in [4.69, 9.17) is 16.3 Å². The van der Waals surface area contributed by atoms with E-state index in [1.807, 2.05) is 48.5 Å². The average molecular weight is 548 g/mol. The van der Waals surface area contributed by atoms with Crippen LogP contribution < -0.4 is 14.5 Å². The number of nitrogens with zero attached hydrogens (tertiary/aromatic N) is 2. The molecule has 0 spiro atoms. The predicted octanol–water partition coefficient (Wildman–Crippen LogP) is 5.57. The van der Waals surface area contributed by atoms with E-state index in [2.05, 4.69) is 10.5 Å². The van der Waals surface area contributed by atoms with Gasteiger partial charge in [0.2, 0.25) is 0 Å². The summed E-state index contributed by atoms with van der Waals surface area (Å²) in [6, 6.07) is 29.9. The van der Waals surface area contributed by atoms with Crippen molar-refractivity contribution in [1.29, 1.82) is 0 Å². The van der Waals surface area contributed by atoms with Crippen molar-refractivity contribution in [2.45, 2.75) is 18.4 Å². The molecule has 4 aromatic carbocycles. The Labute approximate surface area is 227 Å². The molecule has 9 heteroatoms. The molecule has 0 aromatic heterocycles. The normalized spacial score (nSPS) is 11.3. The highest BCUT2D eigenvalue weighted by molar-refractivity contribution is 7.92. The first-order chi connectivity index (χ1) is 18.4. The molecule has 0 bridgehead atoms. The quantitative estimate of drug-likeness (QED) is 0.207. The number of ether oxygens (including phenoxy) is 1. The Morgan fingerprint density at radius 2 is 1.58 bits per heavy atom. The predicted molar refractivity (Wildman–Crippen MR) is 150 cm³/mol. The van der Waals surface area contributed by atoms with Crippen molar-refractivity contribution >= 4 is 39.4 Å². The molecule has 0 aliphatic rings. The van der Waals surface area contributed by atoms with Crippen LogP contribution in [0.1, 0.15) is 16.7 Å². The Bertz CT molecular complexity index is 1530. The average Bonchev–Trinajstić information content (AvgIpc) is 2.94. The summed E-state index contributed by atoms with van der Waals surface area (Å²) >= 11 is 6.26. The van der Waals surface area contributed by atoms with Gasteiger partial charge in [0.15, 0.2) is 0 Å². The second-order valence-corrected chi connectivity index (χ2v) is 10.6. The first-order valence-corrected chi connectivity index (χ1v) is 13.6. The Morgan fingerprint density at radius 3 is 2.32 bits per heavy atom. The van der Waals surface area contributed by atoms with Crippen LogP contribution in [-0.2, 0) is 21.4 Å². The number of carbonyl (C=O) groups excluding carboxylic acids is 1. The van der Waals surface area contributed by atoms with Crippen molar-refractivity contribution in [3.63, 3.8) is 0 Å². The summed E-state index contributed by atoms with van der Waals surface area (Å²) in [5, 5.41) is 4.44. The Kier molecular flexibility index (Phi) is 8.78. The molecule has 4 aromatic rings. The van der Waals surface area contributed by atoms with Crippen LogP contribution in [-0.4, -0.2) is 27.1 Å². The van der Waals surface area contributed by atoms with Crippen molar-refractivity contribution in [2.75, 3.05) is 10.8 Å². The van der Waals surface area contributed by atoms with Crippen molar-refractivity contribution in [1.82, 2.24) is 5.43 Å². The number of rotatable bonds is 10. The molecule has 0 aliphatic carbocycles. The molecule has 0 radical (unpaired) electrons. The lowest BCUT2D eigenvalue weighted by atomic mass is 10.2. The standard InChI is InChI=1S/C29H26ClN3O4S/c1-22-26(30)16-10-17-27(22)33(38(35,36)25-14-6-3-7-15-25)20-29(34)32-31-19-24-13-8-9-18-28(24)37-21-23-11-4-2-5-12-23/h2-19H,20-21H2,1H3,(H,32,34)/b31-19-. The fourth-order valence-corrected chi connectivity index (χ4v) is 5.35. The highest BCUT2D eigenvalue weighted by Crippen LogP contribution is 2.30. The SMILES string of the molecule is Cc1c(Cl)cccc1N(CC(=O)N/N=C\c1ccccc1OCc1ccccc1)S(=O)(=O)c1ccccc1. The zero-order valence-corrected chi connectivity index (χ0v) is 22.2. The minimum atomic E-state index is -4.06. The van der Waals surface area contributed by atoms with E-state index in [1.165, 1.54) is 18.3 Å². The molecule has 0 saturated carbocycles. The minimum Gasteiger partial charge on any atom is -0.488 e. The topological polar surface area (TPSA) is 88.1 Å². The number of benzene rings is 4. The number of carbonyl (C=O) groups is 1. The number of amides is 1. The maximum Gasteiger partial charge on any atom is 0.264 e. The molecule has 0 atom stereocenters. The van der Waals surface area contributed by atoms with E-state index in [1.54, 1.807) is 49.4 Å². The van der Waals surface area contributed by atoms with Crippen molar-refractivity contribution < 1.29 is 17.9 Å². The van der Waals surface area contributed by atoms with Gasteiger partial charge in [0.1, 0.15) is 18.9 Å². The molecule has 4 rings (SSSR count). The van der Waals surface area contributed by atoms with Crippen molar-refractivity contribution in [3.8, 4) is 5.75 Å². The monoisotopic (exact) mass is 547 g/mol. The molecular weight excluding hydrogens is 522 g/mol. The lowest BCUT2D eigenvalue weighted by molar-refractivity contribution is -0.119. The van der Waals surface area contributed by atoms with Gasteiger partial charge in [-0.05, 0) is 54.4 Å². The van der Waals surface area contributed by atoms with Crippen LogP contribution in [0, 0.1) is 6.92 Å². The molecule has 7 nitrogen and oxygen atoms in total. The number of nitrogens with one attached hydrogen (secondary N) is 1. The summed E-state index contributed by atoms with van der Waals surface area (Å²) in [7, 11) is -4.06. The third-order valence-corrected chi connectivity index (χ3v) is 7.86. The fraction of sp³-hybridized carbons (Fsp3) is 0.103. The number of sulfonamides is 1. The van der Waals surface area contributed by atoms with Crippen LogP contribution in [0.25, 0.3) is 0 Å². The summed E-state index contributed by atoms with van der Waals surface area (Å²) in [6.45, 7) is 1.58. The number of hydrazone groups is 1. The number of halogens is 1. The number of hydrogen-bond donors (Lipinski definition) is 1. The van der Waals surface area contributed by atoms with Gasteiger partial charge in [-0.2, -0.15) is 5.10 Å². The van der Waals surface area contributed by atoms with Crippen molar-refractivity contribution in [3.05, 3.63) is 125 Å². The zero-order valence-electron chi connectivity index (χ0n) is 20.6. The molecular formula is C29H26ClN3O4S. The van der Waals surface area contributed by atoms with Gasteiger partial charge in [0.25, 0.3) is 15.9 Å². The second kappa shape index (κ2) is 12.4. The number of para-hydroxylation sites is 1. The number of anilines is 1. The number of hydrogen-bond acceptors (Lipinski definition) is 5. The molecule has 1 N–H and O–H groups in total. The van der Waals surface area contributed by atoms with Gasteiger partial charge in [-0.3, -0.25) is 9.10 Å².